The first-order valence-corrected chi connectivity index (χ1v) is 10.0. The number of rotatable bonds is 6. The van der Waals surface area contributed by atoms with Crippen LogP contribution in [-0.2, 0) is 14.6 Å². The zero-order chi connectivity index (χ0) is 16.0. The molecular weight excluding hydrogens is 363 g/mol. The first-order chi connectivity index (χ1) is 10.5. The zero-order valence-electron chi connectivity index (χ0n) is 12.5. The van der Waals surface area contributed by atoms with Gasteiger partial charge in [-0.2, -0.15) is 0 Å². The van der Waals surface area contributed by atoms with E-state index in [1.165, 1.54) is 5.41 Å². The molecule has 0 amide bonds. The number of aryl methyl sites for hydroxylation is 1. The summed E-state index contributed by atoms with van der Waals surface area (Å²) in [6, 6.07) is 16.7. The fourth-order valence-electron chi connectivity index (χ4n) is 1.84. The van der Waals surface area contributed by atoms with Crippen LogP contribution in [0.2, 0.25) is 0 Å². The minimum atomic E-state index is -3.44. The van der Waals surface area contributed by atoms with Gasteiger partial charge in [0.2, 0.25) is 0 Å². The SMILES string of the molecule is COC/C(=C\S(=O)(=O)c1ccc(C)cc1)[Se]c1ccccc1. The number of ether oxygens (including phenoxy) is 1. The Balaban J connectivity index is 2.30. The summed E-state index contributed by atoms with van der Waals surface area (Å²) in [7, 11) is -1.87. The Bertz CT molecular complexity index is 735. The minimum absolute atomic E-state index is 0.0744. The molecule has 116 valence electrons. The molecule has 0 aliphatic heterocycles. The van der Waals surface area contributed by atoms with Gasteiger partial charge in [0.25, 0.3) is 0 Å². The van der Waals surface area contributed by atoms with Crippen LogP contribution in [0.3, 0.4) is 0 Å². The maximum absolute atomic E-state index is 12.5. The van der Waals surface area contributed by atoms with Crippen LogP contribution in [0.25, 0.3) is 0 Å². The van der Waals surface area contributed by atoms with Crippen molar-refractivity contribution in [1.82, 2.24) is 0 Å². The summed E-state index contributed by atoms with van der Waals surface area (Å²) in [5.41, 5.74) is 1.04. The normalized spacial score (nSPS) is 12.4. The summed E-state index contributed by atoms with van der Waals surface area (Å²) in [5, 5.41) is 1.36. The van der Waals surface area contributed by atoms with E-state index in [0.29, 0.717) is 11.5 Å². The van der Waals surface area contributed by atoms with E-state index in [0.717, 1.165) is 14.5 Å². The molecule has 0 fully saturated rings. The summed E-state index contributed by atoms with van der Waals surface area (Å²) in [6.07, 6.45) is 0. The van der Waals surface area contributed by atoms with Crippen molar-refractivity contribution in [2.75, 3.05) is 13.7 Å². The molecule has 0 aliphatic rings. The molecule has 0 saturated carbocycles. The molecule has 5 heteroatoms. The van der Waals surface area contributed by atoms with E-state index in [9.17, 15) is 8.42 Å². The Morgan fingerprint density at radius 3 is 2.32 bits per heavy atom. The first-order valence-electron chi connectivity index (χ1n) is 6.75. The molecule has 0 aromatic heterocycles. The molecule has 3 nitrogen and oxygen atoms in total. The molecule has 2 aromatic rings. The van der Waals surface area contributed by atoms with Crippen molar-refractivity contribution >= 4 is 29.3 Å². The van der Waals surface area contributed by atoms with Gasteiger partial charge < -0.3 is 0 Å². The molecule has 0 atom stereocenters. The van der Waals surface area contributed by atoms with Gasteiger partial charge >= 0.3 is 138 Å². The second kappa shape index (κ2) is 7.75. The Kier molecular flexibility index (Phi) is 5.98. The van der Waals surface area contributed by atoms with E-state index in [1.807, 2.05) is 37.3 Å². The number of methoxy groups -OCH3 is 1. The second-order valence-corrected chi connectivity index (χ2v) is 9.10. The van der Waals surface area contributed by atoms with Crippen molar-refractivity contribution in [3.63, 3.8) is 0 Å². The fraction of sp³-hybridized carbons (Fsp3) is 0.176. The number of benzene rings is 2. The molecule has 0 spiro atoms. The third kappa shape index (κ3) is 4.82. The van der Waals surface area contributed by atoms with Crippen LogP contribution in [0.4, 0.5) is 0 Å². The number of hydrogen-bond donors (Lipinski definition) is 0. The Hall–Kier alpha value is -1.39. The van der Waals surface area contributed by atoms with E-state index >= 15 is 0 Å². The number of sulfone groups is 1. The van der Waals surface area contributed by atoms with Gasteiger partial charge in [0.05, 0.1) is 0 Å². The van der Waals surface area contributed by atoms with Gasteiger partial charge in [-0.15, -0.1) is 0 Å². The third-order valence-corrected chi connectivity index (χ3v) is 6.89. The Morgan fingerprint density at radius 2 is 1.73 bits per heavy atom. The maximum atomic E-state index is 12.5. The van der Waals surface area contributed by atoms with E-state index in [-0.39, 0.29) is 15.0 Å². The Morgan fingerprint density at radius 1 is 1.09 bits per heavy atom. The standard InChI is InChI=1S/C17H18O3SSe/c1-14-8-10-15(11-9-14)21(18,19)13-17(12-20-2)22-16-6-4-3-5-7-16/h3-11,13H,12H2,1-2H3/b17-13+. The topological polar surface area (TPSA) is 43.4 Å². The quantitative estimate of drug-likeness (QED) is 0.722. The predicted octanol–water partition coefficient (Wildman–Crippen LogP) is 2.29. The molecule has 0 radical (unpaired) electrons. The molecule has 2 rings (SSSR count). The van der Waals surface area contributed by atoms with Crippen molar-refractivity contribution in [2.24, 2.45) is 0 Å². The van der Waals surface area contributed by atoms with Gasteiger partial charge in [0.15, 0.2) is 0 Å². The van der Waals surface area contributed by atoms with Crippen LogP contribution < -0.4 is 4.46 Å². The summed E-state index contributed by atoms with van der Waals surface area (Å²) in [4.78, 5) is 0.315. The summed E-state index contributed by atoms with van der Waals surface area (Å²) >= 11 is -0.0744. The average molecular weight is 381 g/mol. The van der Waals surface area contributed by atoms with Crippen LogP contribution in [-0.4, -0.2) is 37.1 Å². The van der Waals surface area contributed by atoms with E-state index < -0.39 is 9.84 Å². The fourth-order valence-corrected chi connectivity index (χ4v) is 5.67. The van der Waals surface area contributed by atoms with E-state index in [2.05, 4.69) is 0 Å². The van der Waals surface area contributed by atoms with E-state index in [1.54, 1.807) is 31.4 Å². The van der Waals surface area contributed by atoms with Crippen LogP contribution in [0.15, 0.2) is 69.4 Å². The summed E-state index contributed by atoms with van der Waals surface area (Å²) < 4.78 is 32.1. The predicted molar refractivity (Wildman–Crippen MR) is 90.2 cm³/mol. The monoisotopic (exact) mass is 382 g/mol. The van der Waals surface area contributed by atoms with Crippen LogP contribution >= 0.6 is 0 Å². The number of hydrogen-bond acceptors (Lipinski definition) is 3. The Labute approximate surface area is 138 Å². The van der Waals surface area contributed by atoms with Crippen molar-refractivity contribution in [3.8, 4) is 0 Å². The second-order valence-electron chi connectivity index (χ2n) is 4.79. The van der Waals surface area contributed by atoms with Gasteiger partial charge in [-0.25, -0.2) is 0 Å². The molecule has 0 heterocycles. The molecule has 0 unspecified atom stereocenters. The van der Waals surface area contributed by atoms with Gasteiger partial charge in [0, 0.05) is 0 Å². The van der Waals surface area contributed by atoms with Gasteiger partial charge in [-0.1, -0.05) is 0 Å². The molecular formula is C17H18O3SSe. The van der Waals surface area contributed by atoms with Crippen molar-refractivity contribution in [1.29, 1.82) is 0 Å². The van der Waals surface area contributed by atoms with Crippen LogP contribution in [0.1, 0.15) is 5.56 Å². The van der Waals surface area contributed by atoms with Gasteiger partial charge in [-0.3, -0.25) is 0 Å². The van der Waals surface area contributed by atoms with Crippen molar-refractivity contribution in [2.45, 2.75) is 11.8 Å². The van der Waals surface area contributed by atoms with E-state index in [4.69, 9.17) is 4.74 Å². The van der Waals surface area contributed by atoms with Gasteiger partial charge in [-0.05, 0) is 0 Å². The van der Waals surface area contributed by atoms with Gasteiger partial charge in [0.1, 0.15) is 0 Å². The van der Waals surface area contributed by atoms with Crippen molar-refractivity contribution < 1.29 is 13.2 Å². The van der Waals surface area contributed by atoms with Crippen LogP contribution in [0.5, 0.6) is 0 Å². The van der Waals surface area contributed by atoms with Crippen molar-refractivity contribution in [3.05, 3.63) is 70.0 Å². The molecule has 0 bridgehead atoms. The third-order valence-electron chi connectivity index (χ3n) is 2.91. The first kappa shape index (κ1) is 17.0. The summed E-state index contributed by atoms with van der Waals surface area (Å²) in [6.45, 7) is 2.25. The van der Waals surface area contributed by atoms with Crippen LogP contribution in [0, 0.1) is 6.92 Å². The average Bonchev–Trinajstić information content (AvgIpc) is 2.48. The molecule has 0 saturated heterocycles. The molecule has 0 aliphatic carbocycles. The molecule has 2 aromatic carbocycles. The molecule has 0 N–H and O–H groups in total. The molecule has 22 heavy (non-hydrogen) atoms. The zero-order valence-corrected chi connectivity index (χ0v) is 15.1. The summed E-state index contributed by atoms with van der Waals surface area (Å²) in [5.74, 6) is 0.